The van der Waals surface area contributed by atoms with E-state index < -0.39 is 0 Å². The smallest absolute Gasteiger partial charge is 0.0651 e. The van der Waals surface area contributed by atoms with E-state index in [4.69, 9.17) is 11.6 Å². The number of fused-ring (bicyclic) bond motifs is 3. The first kappa shape index (κ1) is 7.83. The second kappa shape index (κ2) is 2.72. The minimum absolute atomic E-state index is 0.778. The van der Waals surface area contributed by atoms with Crippen LogP contribution in [0.2, 0.25) is 5.02 Å². The summed E-state index contributed by atoms with van der Waals surface area (Å²) in [6.07, 6.45) is 3.59. The van der Waals surface area contributed by atoms with Crippen molar-refractivity contribution in [3.05, 3.63) is 41.7 Å². The van der Waals surface area contributed by atoms with Gasteiger partial charge in [-0.05, 0) is 18.2 Å². The van der Waals surface area contributed by atoms with Gasteiger partial charge in [-0.25, -0.2) is 0 Å². The molecular formula is C11H7ClN2. The molecule has 3 aromatic rings. The van der Waals surface area contributed by atoms with Gasteiger partial charge in [0.15, 0.2) is 0 Å². The Kier molecular flexibility index (Phi) is 1.52. The zero-order valence-corrected chi connectivity index (χ0v) is 8.05. The van der Waals surface area contributed by atoms with Crippen LogP contribution in [-0.4, -0.2) is 9.97 Å². The summed E-state index contributed by atoms with van der Waals surface area (Å²) < 4.78 is 0. The van der Waals surface area contributed by atoms with Crippen molar-refractivity contribution in [1.29, 1.82) is 0 Å². The third-order valence-corrected chi connectivity index (χ3v) is 2.69. The fourth-order valence-corrected chi connectivity index (χ4v) is 2.04. The van der Waals surface area contributed by atoms with E-state index in [0.717, 1.165) is 26.8 Å². The van der Waals surface area contributed by atoms with Gasteiger partial charge in [-0.1, -0.05) is 17.7 Å². The second-order valence-corrected chi connectivity index (χ2v) is 3.62. The van der Waals surface area contributed by atoms with Crippen LogP contribution in [0.1, 0.15) is 0 Å². The molecule has 1 N–H and O–H groups in total. The summed E-state index contributed by atoms with van der Waals surface area (Å²) in [4.78, 5) is 7.34. The van der Waals surface area contributed by atoms with Crippen molar-refractivity contribution in [2.24, 2.45) is 0 Å². The molecule has 0 unspecified atom stereocenters. The van der Waals surface area contributed by atoms with Gasteiger partial charge in [0.1, 0.15) is 0 Å². The Hall–Kier alpha value is -1.54. The van der Waals surface area contributed by atoms with Crippen LogP contribution in [0.5, 0.6) is 0 Å². The number of H-pyrrole nitrogens is 1. The summed E-state index contributed by atoms with van der Waals surface area (Å²) >= 11 is 6.14. The Labute approximate surface area is 85.5 Å². The summed E-state index contributed by atoms with van der Waals surface area (Å²) in [5.41, 5.74) is 2.08. The van der Waals surface area contributed by atoms with Gasteiger partial charge in [-0.15, -0.1) is 0 Å². The highest BCUT2D eigenvalue weighted by molar-refractivity contribution is 6.37. The number of benzene rings is 1. The first-order valence-corrected chi connectivity index (χ1v) is 4.74. The average molecular weight is 203 g/mol. The van der Waals surface area contributed by atoms with Crippen molar-refractivity contribution >= 4 is 33.4 Å². The third-order valence-electron chi connectivity index (χ3n) is 2.37. The summed E-state index contributed by atoms with van der Waals surface area (Å²) in [6.45, 7) is 0. The van der Waals surface area contributed by atoms with Gasteiger partial charge in [0.05, 0.1) is 16.7 Å². The normalized spacial score (nSPS) is 11.2. The van der Waals surface area contributed by atoms with E-state index in [9.17, 15) is 0 Å². The molecule has 3 heteroatoms. The molecule has 0 aliphatic heterocycles. The minimum Gasteiger partial charge on any atom is -0.353 e. The highest BCUT2D eigenvalue weighted by Crippen LogP contribution is 2.30. The van der Waals surface area contributed by atoms with E-state index in [2.05, 4.69) is 9.97 Å². The first-order valence-electron chi connectivity index (χ1n) is 4.36. The predicted molar refractivity (Wildman–Crippen MR) is 58.6 cm³/mol. The molecule has 0 spiro atoms. The van der Waals surface area contributed by atoms with Crippen LogP contribution in [0.25, 0.3) is 21.8 Å². The van der Waals surface area contributed by atoms with Gasteiger partial charge in [-0.2, -0.15) is 0 Å². The van der Waals surface area contributed by atoms with E-state index in [1.807, 2.05) is 30.5 Å². The topological polar surface area (TPSA) is 28.7 Å². The summed E-state index contributed by atoms with van der Waals surface area (Å²) in [5.74, 6) is 0. The zero-order valence-electron chi connectivity index (χ0n) is 7.29. The van der Waals surface area contributed by atoms with Gasteiger partial charge in [-0.3, -0.25) is 4.98 Å². The Morgan fingerprint density at radius 1 is 1.14 bits per heavy atom. The van der Waals surface area contributed by atoms with E-state index >= 15 is 0 Å². The van der Waals surface area contributed by atoms with Gasteiger partial charge in [0.25, 0.3) is 0 Å². The number of halogens is 1. The van der Waals surface area contributed by atoms with Crippen molar-refractivity contribution in [2.75, 3.05) is 0 Å². The molecule has 14 heavy (non-hydrogen) atoms. The van der Waals surface area contributed by atoms with Crippen molar-refractivity contribution in [3.8, 4) is 0 Å². The van der Waals surface area contributed by atoms with Crippen LogP contribution >= 0.6 is 11.6 Å². The monoisotopic (exact) mass is 202 g/mol. The van der Waals surface area contributed by atoms with Crippen LogP contribution in [0.3, 0.4) is 0 Å². The van der Waals surface area contributed by atoms with Crippen LogP contribution < -0.4 is 0 Å². The van der Waals surface area contributed by atoms with Crippen LogP contribution in [0.15, 0.2) is 36.7 Å². The molecule has 0 amide bonds. The molecule has 0 aliphatic carbocycles. The number of pyridine rings is 1. The van der Waals surface area contributed by atoms with Gasteiger partial charge in [0.2, 0.25) is 0 Å². The number of nitrogens with one attached hydrogen (secondary N) is 1. The van der Waals surface area contributed by atoms with Gasteiger partial charge in [0, 0.05) is 22.5 Å². The van der Waals surface area contributed by atoms with Crippen molar-refractivity contribution in [2.45, 2.75) is 0 Å². The fourth-order valence-electron chi connectivity index (χ4n) is 1.76. The maximum absolute atomic E-state index is 6.14. The van der Waals surface area contributed by atoms with E-state index in [0.29, 0.717) is 0 Å². The lowest BCUT2D eigenvalue weighted by molar-refractivity contribution is 1.35. The Balaban J connectivity index is 2.65. The Morgan fingerprint density at radius 3 is 3.00 bits per heavy atom. The number of hydrogen-bond acceptors (Lipinski definition) is 1. The summed E-state index contributed by atoms with van der Waals surface area (Å²) in [6, 6.07) is 7.83. The van der Waals surface area contributed by atoms with Gasteiger partial charge < -0.3 is 4.98 Å². The van der Waals surface area contributed by atoms with Crippen molar-refractivity contribution < 1.29 is 0 Å². The molecule has 3 rings (SSSR count). The lowest BCUT2D eigenvalue weighted by atomic mass is 10.2. The summed E-state index contributed by atoms with van der Waals surface area (Å²) in [5, 5.41) is 2.98. The Morgan fingerprint density at radius 2 is 2.07 bits per heavy atom. The molecule has 2 aromatic heterocycles. The molecule has 0 radical (unpaired) electrons. The third kappa shape index (κ3) is 0.946. The zero-order chi connectivity index (χ0) is 9.54. The maximum atomic E-state index is 6.14. The molecule has 0 bridgehead atoms. The van der Waals surface area contributed by atoms with E-state index in [1.165, 1.54) is 0 Å². The summed E-state index contributed by atoms with van der Waals surface area (Å²) in [7, 11) is 0. The molecule has 68 valence electrons. The molecule has 2 nitrogen and oxygen atoms in total. The highest BCUT2D eigenvalue weighted by atomic mass is 35.5. The van der Waals surface area contributed by atoms with Crippen LogP contribution in [-0.2, 0) is 0 Å². The van der Waals surface area contributed by atoms with Crippen LogP contribution in [0.4, 0.5) is 0 Å². The quantitative estimate of drug-likeness (QED) is 0.595. The maximum Gasteiger partial charge on any atom is 0.0651 e. The molecule has 2 heterocycles. The number of nitrogens with zero attached hydrogens (tertiary/aromatic N) is 1. The first-order chi connectivity index (χ1) is 6.86. The largest absolute Gasteiger partial charge is 0.353 e. The number of aromatic nitrogens is 2. The molecule has 0 fully saturated rings. The highest BCUT2D eigenvalue weighted by Gasteiger charge is 2.05. The number of rotatable bonds is 0. The minimum atomic E-state index is 0.778. The molecule has 1 aromatic carbocycles. The van der Waals surface area contributed by atoms with E-state index in [-0.39, 0.29) is 0 Å². The molecule has 0 aliphatic rings. The fraction of sp³-hybridized carbons (Fsp3) is 0. The SMILES string of the molecule is Clc1cccc2[nH]c3cnccc3c12. The average Bonchev–Trinajstić information content (AvgIpc) is 2.57. The molecular weight excluding hydrogens is 196 g/mol. The molecule has 0 saturated heterocycles. The Bertz CT molecular complexity index is 613. The second-order valence-electron chi connectivity index (χ2n) is 3.21. The van der Waals surface area contributed by atoms with Gasteiger partial charge >= 0.3 is 0 Å². The number of aromatic amines is 1. The van der Waals surface area contributed by atoms with Crippen molar-refractivity contribution in [1.82, 2.24) is 9.97 Å². The molecule has 0 saturated carbocycles. The lowest BCUT2D eigenvalue weighted by Gasteiger charge is -1.92. The van der Waals surface area contributed by atoms with Crippen LogP contribution in [0, 0.1) is 0 Å². The predicted octanol–water partition coefficient (Wildman–Crippen LogP) is 3.37. The standard InChI is InChI=1S/C11H7ClN2/c12-8-2-1-3-9-11(8)7-4-5-13-6-10(7)14-9/h1-6,14H. The molecule has 0 atom stereocenters. The van der Waals surface area contributed by atoms with Crippen molar-refractivity contribution in [3.63, 3.8) is 0 Å². The lowest BCUT2D eigenvalue weighted by Crippen LogP contribution is -1.69. The number of hydrogen-bond donors (Lipinski definition) is 1. The van der Waals surface area contributed by atoms with E-state index in [1.54, 1.807) is 6.20 Å².